The predicted octanol–water partition coefficient (Wildman–Crippen LogP) is 1.40. The van der Waals surface area contributed by atoms with E-state index < -0.39 is 18.0 Å². The lowest BCUT2D eigenvalue weighted by atomic mass is 10.1. The van der Waals surface area contributed by atoms with E-state index in [-0.39, 0.29) is 0 Å². The Balaban J connectivity index is 2.50. The molecule has 0 fully saturated rings. The standard InChI is InChI=1S/C10H8N2O3/c1-6(11-15)12-9(13)7-4-2-3-5-8(7)10(12)14/h2-6H,1H3/t6-/m1/s1. The number of hydrogen-bond acceptors (Lipinski definition) is 4. The molecule has 2 amide bonds. The van der Waals surface area contributed by atoms with Crippen molar-refractivity contribution in [2.24, 2.45) is 5.18 Å². The smallest absolute Gasteiger partial charge is 0.263 e. The molecule has 0 aliphatic carbocycles. The highest BCUT2D eigenvalue weighted by molar-refractivity contribution is 6.21. The molecule has 0 saturated carbocycles. The van der Waals surface area contributed by atoms with Crippen LogP contribution in [0.3, 0.4) is 0 Å². The maximum atomic E-state index is 11.7. The second-order valence-electron chi connectivity index (χ2n) is 3.26. The molecule has 1 aromatic carbocycles. The molecule has 1 aliphatic heterocycles. The summed E-state index contributed by atoms with van der Waals surface area (Å²) in [4.78, 5) is 34.6. The highest BCUT2D eigenvalue weighted by Crippen LogP contribution is 2.24. The van der Waals surface area contributed by atoms with Crippen LogP contribution in [0.15, 0.2) is 29.4 Å². The van der Waals surface area contributed by atoms with Crippen molar-refractivity contribution in [3.63, 3.8) is 0 Å². The van der Waals surface area contributed by atoms with Gasteiger partial charge in [0.2, 0.25) is 0 Å². The highest BCUT2D eigenvalue weighted by Gasteiger charge is 2.38. The molecule has 76 valence electrons. The normalized spacial score (nSPS) is 16.5. The number of imide groups is 1. The van der Waals surface area contributed by atoms with Crippen LogP contribution < -0.4 is 0 Å². The number of nitrogens with zero attached hydrogens (tertiary/aromatic N) is 2. The zero-order valence-corrected chi connectivity index (χ0v) is 8.01. The third kappa shape index (κ3) is 1.24. The third-order valence-electron chi connectivity index (χ3n) is 2.35. The minimum Gasteiger partial charge on any atom is -0.268 e. The summed E-state index contributed by atoms with van der Waals surface area (Å²) >= 11 is 0. The first-order chi connectivity index (χ1) is 7.16. The minimum atomic E-state index is -0.961. The molecule has 1 aromatic rings. The van der Waals surface area contributed by atoms with Gasteiger partial charge in [-0.05, 0) is 24.2 Å². The molecule has 2 rings (SSSR count). The Morgan fingerprint density at radius 2 is 1.60 bits per heavy atom. The average molecular weight is 204 g/mol. The molecule has 0 spiro atoms. The lowest BCUT2D eigenvalue weighted by Gasteiger charge is -2.14. The summed E-state index contributed by atoms with van der Waals surface area (Å²) in [5.41, 5.74) is 0.663. The number of rotatable bonds is 2. The van der Waals surface area contributed by atoms with Gasteiger partial charge in [-0.2, -0.15) is 0 Å². The summed E-state index contributed by atoms with van der Waals surface area (Å²) in [5.74, 6) is -0.912. The molecule has 5 nitrogen and oxygen atoms in total. The number of benzene rings is 1. The molecule has 0 aromatic heterocycles. The van der Waals surface area contributed by atoms with Crippen LogP contribution in [0, 0.1) is 4.91 Å². The van der Waals surface area contributed by atoms with Gasteiger partial charge in [-0.3, -0.25) is 9.59 Å². The van der Waals surface area contributed by atoms with Gasteiger partial charge in [-0.15, -0.1) is 4.91 Å². The fourth-order valence-corrected chi connectivity index (χ4v) is 1.59. The largest absolute Gasteiger partial charge is 0.268 e. The lowest BCUT2D eigenvalue weighted by Crippen LogP contribution is -2.36. The van der Waals surface area contributed by atoms with Gasteiger partial charge in [-0.25, -0.2) is 4.90 Å². The van der Waals surface area contributed by atoms with Gasteiger partial charge in [0, 0.05) is 0 Å². The first-order valence-corrected chi connectivity index (χ1v) is 4.46. The molecule has 1 aliphatic rings. The highest BCUT2D eigenvalue weighted by atomic mass is 16.3. The lowest BCUT2D eigenvalue weighted by molar-refractivity contribution is 0.0601. The fraction of sp³-hybridized carbons (Fsp3) is 0.200. The molecule has 0 radical (unpaired) electrons. The summed E-state index contributed by atoms with van der Waals surface area (Å²) in [6.45, 7) is 1.41. The van der Waals surface area contributed by atoms with Crippen molar-refractivity contribution in [2.45, 2.75) is 13.1 Å². The summed E-state index contributed by atoms with van der Waals surface area (Å²) in [6, 6.07) is 6.47. The van der Waals surface area contributed by atoms with E-state index >= 15 is 0 Å². The SMILES string of the molecule is C[C@H](N=O)N1C(=O)c2ccccc2C1=O. The van der Waals surface area contributed by atoms with Crippen molar-refractivity contribution in [1.82, 2.24) is 4.90 Å². The van der Waals surface area contributed by atoms with E-state index in [1.807, 2.05) is 0 Å². The Bertz CT molecular complexity index is 421. The van der Waals surface area contributed by atoms with Gasteiger partial charge < -0.3 is 0 Å². The zero-order valence-electron chi connectivity index (χ0n) is 8.01. The number of hydrogen-bond donors (Lipinski definition) is 0. The minimum absolute atomic E-state index is 0.331. The van der Waals surface area contributed by atoms with E-state index in [0.29, 0.717) is 11.1 Å². The van der Waals surface area contributed by atoms with Crippen molar-refractivity contribution < 1.29 is 9.59 Å². The number of nitroso groups, excluding NO2 is 1. The summed E-state index contributed by atoms with van der Waals surface area (Å²) in [6.07, 6.45) is -0.961. The fourth-order valence-electron chi connectivity index (χ4n) is 1.59. The van der Waals surface area contributed by atoms with Crippen LogP contribution in [0.4, 0.5) is 0 Å². The summed E-state index contributed by atoms with van der Waals surface area (Å²) in [5, 5.41) is 2.69. The number of fused-ring (bicyclic) bond motifs is 1. The predicted molar refractivity (Wildman–Crippen MR) is 52.2 cm³/mol. The first-order valence-electron chi connectivity index (χ1n) is 4.46. The van der Waals surface area contributed by atoms with E-state index in [1.165, 1.54) is 6.92 Å². The van der Waals surface area contributed by atoms with Gasteiger partial charge >= 0.3 is 0 Å². The van der Waals surface area contributed by atoms with Crippen LogP contribution in [0.5, 0.6) is 0 Å². The number of carbonyl (C=O) groups is 2. The van der Waals surface area contributed by atoms with Crippen LogP contribution in [-0.4, -0.2) is 22.9 Å². The van der Waals surface area contributed by atoms with Gasteiger partial charge in [0.25, 0.3) is 11.8 Å². The Morgan fingerprint density at radius 1 is 1.13 bits per heavy atom. The Morgan fingerprint density at radius 3 is 2.00 bits per heavy atom. The quantitative estimate of drug-likeness (QED) is 0.540. The Kier molecular flexibility index (Phi) is 2.07. The molecule has 5 heteroatoms. The summed E-state index contributed by atoms with van der Waals surface area (Å²) < 4.78 is 0. The molecule has 0 bridgehead atoms. The molecule has 0 N–H and O–H groups in total. The van der Waals surface area contributed by atoms with Crippen molar-refractivity contribution in [2.75, 3.05) is 0 Å². The van der Waals surface area contributed by atoms with Gasteiger partial charge in [-0.1, -0.05) is 12.1 Å². The summed E-state index contributed by atoms with van der Waals surface area (Å²) in [7, 11) is 0. The van der Waals surface area contributed by atoms with E-state index in [9.17, 15) is 14.5 Å². The van der Waals surface area contributed by atoms with Crippen LogP contribution in [-0.2, 0) is 0 Å². The molecule has 15 heavy (non-hydrogen) atoms. The second-order valence-corrected chi connectivity index (χ2v) is 3.26. The molecular weight excluding hydrogens is 196 g/mol. The topological polar surface area (TPSA) is 66.8 Å². The first kappa shape index (κ1) is 9.51. The van der Waals surface area contributed by atoms with Crippen LogP contribution >= 0.6 is 0 Å². The van der Waals surface area contributed by atoms with Crippen molar-refractivity contribution in [3.8, 4) is 0 Å². The molecule has 1 heterocycles. The third-order valence-corrected chi connectivity index (χ3v) is 2.35. The molecule has 0 saturated heterocycles. The van der Waals surface area contributed by atoms with E-state index in [0.717, 1.165) is 4.90 Å². The number of carbonyl (C=O) groups excluding carboxylic acids is 2. The van der Waals surface area contributed by atoms with Crippen molar-refractivity contribution >= 4 is 11.8 Å². The number of amides is 2. The van der Waals surface area contributed by atoms with Crippen LogP contribution in [0.2, 0.25) is 0 Å². The molecular formula is C10H8N2O3. The van der Waals surface area contributed by atoms with Gasteiger partial charge in [0.1, 0.15) is 0 Å². The average Bonchev–Trinajstić information content (AvgIpc) is 2.52. The van der Waals surface area contributed by atoms with Gasteiger partial charge in [0.15, 0.2) is 6.17 Å². The van der Waals surface area contributed by atoms with Crippen LogP contribution in [0.1, 0.15) is 27.6 Å². The maximum absolute atomic E-state index is 11.7. The Hall–Kier alpha value is -2.04. The van der Waals surface area contributed by atoms with Crippen molar-refractivity contribution in [3.05, 3.63) is 40.3 Å². The van der Waals surface area contributed by atoms with E-state index in [2.05, 4.69) is 5.18 Å². The van der Waals surface area contributed by atoms with E-state index in [4.69, 9.17) is 0 Å². The monoisotopic (exact) mass is 204 g/mol. The van der Waals surface area contributed by atoms with Crippen LogP contribution in [0.25, 0.3) is 0 Å². The Labute approximate surface area is 85.7 Å². The maximum Gasteiger partial charge on any atom is 0.263 e. The van der Waals surface area contributed by atoms with E-state index in [1.54, 1.807) is 24.3 Å². The van der Waals surface area contributed by atoms with Crippen molar-refractivity contribution in [1.29, 1.82) is 0 Å². The second kappa shape index (κ2) is 3.27. The van der Waals surface area contributed by atoms with Gasteiger partial charge in [0.05, 0.1) is 11.1 Å². The zero-order chi connectivity index (χ0) is 11.0. The molecule has 0 unspecified atom stereocenters. The molecule has 1 atom stereocenters.